The molecule has 0 saturated carbocycles. The summed E-state index contributed by atoms with van der Waals surface area (Å²) in [6, 6.07) is 12.9. The molecule has 1 aromatic heterocycles. The van der Waals surface area contributed by atoms with E-state index in [0.29, 0.717) is 11.6 Å². The summed E-state index contributed by atoms with van der Waals surface area (Å²) < 4.78 is 10.8. The Hall–Kier alpha value is -2.88. The molecule has 0 radical (unpaired) electrons. The summed E-state index contributed by atoms with van der Waals surface area (Å²) in [4.78, 5) is 15.7. The second kappa shape index (κ2) is 5.25. The minimum atomic E-state index is -0.482. The first-order valence-corrected chi connectivity index (χ1v) is 6.48. The van der Waals surface area contributed by atoms with Crippen LogP contribution in [0.4, 0.5) is 0 Å². The van der Waals surface area contributed by atoms with E-state index in [1.54, 1.807) is 12.1 Å². The number of hydrogen-bond acceptors (Lipinski definition) is 4. The van der Waals surface area contributed by atoms with Gasteiger partial charge in [0.2, 0.25) is 5.89 Å². The Morgan fingerprint density at radius 3 is 2.81 bits per heavy atom. The minimum absolute atomic E-state index is 0.470. The predicted octanol–water partition coefficient (Wildman–Crippen LogP) is 3.89. The van der Waals surface area contributed by atoms with Gasteiger partial charge >= 0.3 is 5.97 Å². The molecule has 0 unspecified atom stereocenters. The van der Waals surface area contributed by atoms with E-state index in [0.717, 1.165) is 28.3 Å². The Bertz CT molecular complexity index is 800. The van der Waals surface area contributed by atoms with Gasteiger partial charge in [0.25, 0.3) is 0 Å². The van der Waals surface area contributed by atoms with Gasteiger partial charge in [0.15, 0.2) is 5.58 Å². The van der Waals surface area contributed by atoms with Crippen LogP contribution in [0.1, 0.15) is 5.56 Å². The van der Waals surface area contributed by atoms with Crippen molar-refractivity contribution in [3.63, 3.8) is 0 Å². The molecule has 1 heterocycles. The van der Waals surface area contributed by atoms with Gasteiger partial charge in [0.05, 0.1) is 0 Å². The quantitative estimate of drug-likeness (QED) is 0.414. The van der Waals surface area contributed by atoms with Crippen LogP contribution in [0.2, 0.25) is 0 Å². The lowest BCUT2D eigenvalue weighted by Crippen LogP contribution is -2.03. The van der Waals surface area contributed by atoms with Crippen LogP contribution in [0.15, 0.2) is 59.5 Å². The number of esters is 1. The second-order valence-electron chi connectivity index (χ2n) is 4.59. The number of aryl methyl sites for hydroxylation is 1. The number of benzene rings is 2. The molecule has 0 aliphatic heterocycles. The van der Waals surface area contributed by atoms with Crippen LogP contribution in [-0.4, -0.2) is 11.0 Å². The number of ether oxygens (including phenoxy) is 1. The van der Waals surface area contributed by atoms with Gasteiger partial charge < -0.3 is 9.15 Å². The smallest absolute Gasteiger partial charge is 0.335 e. The van der Waals surface area contributed by atoms with Gasteiger partial charge in [-0.3, -0.25) is 0 Å². The number of oxazole rings is 1. The molecular weight excluding hydrogens is 266 g/mol. The molecule has 0 spiro atoms. The number of rotatable bonds is 3. The van der Waals surface area contributed by atoms with Crippen LogP contribution in [0.3, 0.4) is 0 Å². The highest BCUT2D eigenvalue weighted by molar-refractivity contribution is 5.83. The molecule has 0 N–H and O–H groups in total. The highest BCUT2D eigenvalue weighted by atomic mass is 16.5. The largest absolute Gasteiger partial charge is 0.436 e. The van der Waals surface area contributed by atoms with Crippen molar-refractivity contribution in [2.75, 3.05) is 0 Å². The molecule has 4 heteroatoms. The van der Waals surface area contributed by atoms with Crippen molar-refractivity contribution in [3.8, 4) is 17.2 Å². The molecule has 0 atom stereocenters. The maximum absolute atomic E-state index is 11.2. The van der Waals surface area contributed by atoms with E-state index in [1.165, 1.54) is 0 Å². The van der Waals surface area contributed by atoms with Crippen molar-refractivity contribution >= 4 is 17.1 Å². The van der Waals surface area contributed by atoms with Crippen molar-refractivity contribution in [2.24, 2.45) is 0 Å². The van der Waals surface area contributed by atoms with Gasteiger partial charge in [-0.15, -0.1) is 0 Å². The molecular formula is C17H13NO3. The highest BCUT2D eigenvalue weighted by Crippen LogP contribution is 2.29. The summed E-state index contributed by atoms with van der Waals surface area (Å²) in [5, 5.41) is 0. The van der Waals surface area contributed by atoms with Crippen LogP contribution in [0.25, 0.3) is 22.6 Å². The van der Waals surface area contributed by atoms with E-state index < -0.39 is 5.97 Å². The van der Waals surface area contributed by atoms with Gasteiger partial charge in [-0.05, 0) is 42.8 Å². The summed E-state index contributed by atoms with van der Waals surface area (Å²) in [5.41, 5.74) is 3.34. The van der Waals surface area contributed by atoms with E-state index in [1.807, 2.05) is 37.3 Å². The third kappa shape index (κ3) is 2.56. The molecule has 0 aliphatic rings. The number of fused-ring (bicyclic) bond motifs is 1. The van der Waals surface area contributed by atoms with Crippen LogP contribution in [0, 0.1) is 6.92 Å². The zero-order valence-corrected chi connectivity index (χ0v) is 11.5. The monoisotopic (exact) mass is 279 g/mol. The number of carbonyl (C=O) groups excluding carboxylic acids is 1. The minimum Gasteiger partial charge on any atom is -0.436 e. The first-order valence-electron chi connectivity index (χ1n) is 6.48. The normalized spacial score (nSPS) is 10.5. The lowest BCUT2D eigenvalue weighted by molar-refractivity contribution is -0.128. The van der Waals surface area contributed by atoms with Crippen molar-refractivity contribution < 1.29 is 13.9 Å². The first kappa shape index (κ1) is 13.1. The molecule has 0 bridgehead atoms. The van der Waals surface area contributed by atoms with Crippen molar-refractivity contribution in [3.05, 3.63) is 60.7 Å². The van der Waals surface area contributed by atoms with Crippen molar-refractivity contribution in [2.45, 2.75) is 6.92 Å². The van der Waals surface area contributed by atoms with E-state index >= 15 is 0 Å². The van der Waals surface area contributed by atoms with Gasteiger partial charge in [-0.1, -0.05) is 18.7 Å². The molecule has 0 amide bonds. The zero-order chi connectivity index (χ0) is 14.8. The average molecular weight is 279 g/mol. The Morgan fingerprint density at radius 2 is 2.10 bits per heavy atom. The number of para-hydroxylation sites is 2. The summed E-state index contributed by atoms with van der Waals surface area (Å²) in [6.45, 7) is 5.28. The lowest BCUT2D eigenvalue weighted by atomic mass is 10.1. The Balaban J connectivity index is 1.98. The van der Waals surface area contributed by atoms with E-state index in [-0.39, 0.29) is 0 Å². The molecule has 3 rings (SSSR count). The molecule has 2 aromatic carbocycles. The predicted molar refractivity (Wildman–Crippen MR) is 80.0 cm³/mol. The van der Waals surface area contributed by atoms with Crippen LogP contribution >= 0.6 is 0 Å². The zero-order valence-electron chi connectivity index (χ0n) is 11.5. The SMILES string of the molecule is C=CC(=O)Oc1ccc(-c2nc3ccccc3o2)c(C)c1. The number of carbonyl (C=O) groups is 1. The third-order valence-electron chi connectivity index (χ3n) is 3.11. The fraction of sp³-hybridized carbons (Fsp3) is 0.0588. The van der Waals surface area contributed by atoms with Gasteiger partial charge in [-0.25, -0.2) is 9.78 Å². The molecule has 0 saturated heterocycles. The maximum atomic E-state index is 11.2. The fourth-order valence-corrected chi connectivity index (χ4v) is 2.08. The van der Waals surface area contributed by atoms with Crippen molar-refractivity contribution in [1.29, 1.82) is 0 Å². The van der Waals surface area contributed by atoms with E-state index in [9.17, 15) is 4.79 Å². The summed E-state index contributed by atoms with van der Waals surface area (Å²) in [7, 11) is 0. The summed E-state index contributed by atoms with van der Waals surface area (Å²) in [5.74, 6) is 0.538. The lowest BCUT2D eigenvalue weighted by Gasteiger charge is -2.05. The first-order chi connectivity index (χ1) is 10.2. The Kier molecular flexibility index (Phi) is 3.28. The number of aromatic nitrogens is 1. The summed E-state index contributed by atoms with van der Waals surface area (Å²) >= 11 is 0. The highest BCUT2D eigenvalue weighted by Gasteiger charge is 2.11. The number of nitrogens with zero attached hydrogens (tertiary/aromatic N) is 1. The van der Waals surface area contributed by atoms with Crippen LogP contribution < -0.4 is 4.74 Å². The van der Waals surface area contributed by atoms with Gasteiger partial charge in [0, 0.05) is 11.6 Å². The van der Waals surface area contributed by atoms with Gasteiger partial charge in [-0.2, -0.15) is 0 Å². The maximum Gasteiger partial charge on any atom is 0.335 e. The molecule has 0 aliphatic carbocycles. The average Bonchev–Trinajstić information content (AvgIpc) is 2.90. The Labute approximate surface area is 121 Å². The van der Waals surface area contributed by atoms with E-state index in [4.69, 9.17) is 9.15 Å². The Morgan fingerprint density at radius 1 is 1.29 bits per heavy atom. The number of hydrogen-bond donors (Lipinski definition) is 0. The molecule has 0 fully saturated rings. The standard InChI is InChI=1S/C17H13NO3/c1-3-16(19)20-12-8-9-13(11(2)10-12)17-18-14-6-4-5-7-15(14)21-17/h3-10H,1H2,2H3. The molecule has 21 heavy (non-hydrogen) atoms. The summed E-state index contributed by atoms with van der Waals surface area (Å²) in [6.07, 6.45) is 1.13. The van der Waals surface area contributed by atoms with Crippen LogP contribution in [-0.2, 0) is 4.79 Å². The van der Waals surface area contributed by atoms with Crippen molar-refractivity contribution in [1.82, 2.24) is 4.98 Å². The molecule has 4 nitrogen and oxygen atoms in total. The second-order valence-corrected chi connectivity index (χ2v) is 4.59. The van der Waals surface area contributed by atoms with E-state index in [2.05, 4.69) is 11.6 Å². The molecule has 104 valence electrons. The topological polar surface area (TPSA) is 52.3 Å². The fourth-order valence-electron chi connectivity index (χ4n) is 2.08. The molecule has 3 aromatic rings. The van der Waals surface area contributed by atoms with Gasteiger partial charge in [0.1, 0.15) is 11.3 Å². The van der Waals surface area contributed by atoms with Crippen LogP contribution in [0.5, 0.6) is 5.75 Å². The third-order valence-corrected chi connectivity index (χ3v) is 3.11.